The number of benzene rings is 2. The van der Waals surface area contributed by atoms with E-state index in [0.717, 1.165) is 21.7 Å². The third kappa shape index (κ3) is 5.22. The first-order valence-electron chi connectivity index (χ1n) is 8.30. The minimum Gasteiger partial charge on any atom is -0.350 e. The van der Waals surface area contributed by atoms with Crippen molar-refractivity contribution in [3.63, 3.8) is 0 Å². The largest absolute Gasteiger partial charge is 0.350 e. The van der Waals surface area contributed by atoms with Crippen molar-refractivity contribution in [1.82, 2.24) is 5.32 Å². The molecule has 0 aliphatic heterocycles. The van der Waals surface area contributed by atoms with Crippen LogP contribution >= 0.6 is 11.6 Å². The molecular formula is C19H23ClN2O3S. The zero-order valence-electron chi connectivity index (χ0n) is 15.1. The lowest BCUT2D eigenvalue weighted by Crippen LogP contribution is -2.49. The van der Waals surface area contributed by atoms with Crippen molar-refractivity contribution >= 4 is 33.2 Å². The van der Waals surface area contributed by atoms with Gasteiger partial charge in [-0.05, 0) is 43.2 Å². The molecule has 0 aliphatic rings. The lowest BCUT2D eigenvalue weighted by Gasteiger charge is -2.30. The molecule has 1 atom stereocenters. The Bertz CT molecular complexity index is 849. The molecule has 0 heterocycles. The van der Waals surface area contributed by atoms with Crippen molar-refractivity contribution in [2.75, 3.05) is 10.6 Å². The second-order valence-electron chi connectivity index (χ2n) is 6.16. The topological polar surface area (TPSA) is 66.5 Å². The third-order valence-corrected chi connectivity index (χ3v) is 5.43. The number of hydrogen-bond donors (Lipinski definition) is 1. The van der Waals surface area contributed by atoms with Crippen molar-refractivity contribution in [1.29, 1.82) is 0 Å². The Hall–Kier alpha value is -2.05. The minimum atomic E-state index is -3.65. The van der Waals surface area contributed by atoms with E-state index in [0.29, 0.717) is 23.7 Å². The Morgan fingerprint density at radius 1 is 1.12 bits per heavy atom. The SMILES string of the molecule is CC[C@H](C(=O)NCc1ccc(C)cc1)N(c1ccc(Cl)cc1)S(C)(=O)=O. The van der Waals surface area contributed by atoms with Gasteiger partial charge >= 0.3 is 0 Å². The van der Waals surface area contributed by atoms with Crippen LogP contribution in [0.4, 0.5) is 5.69 Å². The molecule has 0 fully saturated rings. The van der Waals surface area contributed by atoms with Gasteiger partial charge in [-0.2, -0.15) is 0 Å². The average molecular weight is 395 g/mol. The van der Waals surface area contributed by atoms with Crippen LogP contribution in [-0.4, -0.2) is 26.6 Å². The third-order valence-electron chi connectivity index (χ3n) is 4.00. The highest BCUT2D eigenvalue weighted by molar-refractivity contribution is 7.92. The van der Waals surface area contributed by atoms with Crippen LogP contribution in [0.3, 0.4) is 0 Å². The number of hydrogen-bond acceptors (Lipinski definition) is 3. The highest BCUT2D eigenvalue weighted by atomic mass is 35.5. The van der Waals surface area contributed by atoms with Crippen molar-refractivity contribution in [2.24, 2.45) is 0 Å². The molecule has 2 aromatic carbocycles. The monoisotopic (exact) mass is 394 g/mol. The molecule has 0 aromatic heterocycles. The van der Waals surface area contributed by atoms with Gasteiger partial charge in [0.2, 0.25) is 15.9 Å². The van der Waals surface area contributed by atoms with Gasteiger partial charge in [0.05, 0.1) is 11.9 Å². The number of nitrogens with one attached hydrogen (secondary N) is 1. The summed E-state index contributed by atoms with van der Waals surface area (Å²) >= 11 is 5.89. The van der Waals surface area contributed by atoms with E-state index in [-0.39, 0.29) is 5.91 Å². The summed E-state index contributed by atoms with van der Waals surface area (Å²) in [6, 6.07) is 13.4. The van der Waals surface area contributed by atoms with E-state index in [1.807, 2.05) is 31.2 Å². The number of nitrogens with zero attached hydrogens (tertiary/aromatic N) is 1. The van der Waals surface area contributed by atoms with Gasteiger partial charge in [-0.25, -0.2) is 8.42 Å². The molecule has 2 aromatic rings. The number of carbonyl (C=O) groups is 1. The number of rotatable bonds is 7. The van der Waals surface area contributed by atoms with Gasteiger partial charge < -0.3 is 5.32 Å². The summed E-state index contributed by atoms with van der Waals surface area (Å²) in [5, 5.41) is 3.33. The van der Waals surface area contributed by atoms with Crippen molar-refractivity contribution < 1.29 is 13.2 Å². The normalized spacial score (nSPS) is 12.5. The van der Waals surface area contributed by atoms with E-state index in [9.17, 15) is 13.2 Å². The molecule has 5 nitrogen and oxygen atoms in total. The summed E-state index contributed by atoms with van der Waals surface area (Å²) in [6.45, 7) is 4.11. The predicted octanol–water partition coefficient (Wildman–Crippen LogP) is 3.51. The van der Waals surface area contributed by atoms with Crippen LogP contribution in [0.25, 0.3) is 0 Å². The number of sulfonamides is 1. The van der Waals surface area contributed by atoms with Gasteiger partial charge in [-0.15, -0.1) is 0 Å². The van der Waals surface area contributed by atoms with Gasteiger partial charge in [0.25, 0.3) is 0 Å². The number of anilines is 1. The molecule has 0 saturated carbocycles. The Morgan fingerprint density at radius 3 is 2.19 bits per heavy atom. The second kappa shape index (κ2) is 8.56. The van der Waals surface area contributed by atoms with Gasteiger partial charge in [-0.3, -0.25) is 9.10 Å². The van der Waals surface area contributed by atoms with E-state index < -0.39 is 16.1 Å². The van der Waals surface area contributed by atoms with Crippen molar-refractivity contribution in [3.8, 4) is 0 Å². The van der Waals surface area contributed by atoms with Crippen molar-refractivity contribution in [2.45, 2.75) is 32.9 Å². The Kier molecular flexibility index (Phi) is 6.67. The van der Waals surface area contributed by atoms with Crippen LogP contribution in [-0.2, 0) is 21.4 Å². The fourth-order valence-electron chi connectivity index (χ4n) is 2.66. The van der Waals surface area contributed by atoms with Crippen LogP contribution in [0.1, 0.15) is 24.5 Å². The predicted molar refractivity (Wildman–Crippen MR) is 106 cm³/mol. The first-order chi connectivity index (χ1) is 12.2. The fraction of sp³-hybridized carbons (Fsp3) is 0.316. The maximum Gasteiger partial charge on any atom is 0.244 e. The molecule has 2 rings (SSSR count). The van der Waals surface area contributed by atoms with Gasteiger partial charge in [0.1, 0.15) is 6.04 Å². The smallest absolute Gasteiger partial charge is 0.244 e. The summed E-state index contributed by atoms with van der Waals surface area (Å²) in [6.07, 6.45) is 1.44. The molecule has 0 unspecified atom stereocenters. The molecule has 26 heavy (non-hydrogen) atoms. The summed E-state index contributed by atoms with van der Waals surface area (Å²) < 4.78 is 25.8. The van der Waals surface area contributed by atoms with Crippen LogP contribution in [0.15, 0.2) is 48.5 Å². The first-order valence-corrected chi connectivity index (χ1v) is 10.5. The Labute approximate surface area is 160 Å². The van der Waals surface area contributed by atoms with Crippen LogP contribution in [0, 0.1) is 6.92 Å². The molecule has 0 saturated heterocycles. The van der Waals surface area contributed by atoms with Crippen LogP contribution in [0.5, 0.6) is 0 Å². The second-order valence-corrected chi connectivity index (χ2v) is 8.46. The molecule has 0 bridgehead atoms. The molecule has 7 heteroatoms. The molecule has 0 aliphatic carbocycles. The maximum absolute atomic E-state index is 12.7. The molecule has 1 amide bonds. The number of amides is 1. The maximum atomic E-state index is 12.7. The van der Waals surface area contributed by atoms with E-state index in [1.165, 1.54) is 0 Å². The summed E-state index contributed by atoms with van der Waals surface area (Å²) in [5.74, 6) is -0.339. The minimum absolute atomic E-state index is 0.339. The quantitative estimate of drug-likeness (QED) is 0.781. The zero-order chi connectivity index (χ0) is 19.3. The fourth-order valence-corrected chi connectivity index (χ4v) is 4.00. The summed E-state index contributed by atoms with van der Waals surface area (Å²) in [7, 11) is -3.65. The van der Waals surface area contributed by atoms with Crippen LogP contribution < -0.4 is 9.62 Å². The van der Waals surface area contributed by atoms with Crippen molar-refractivity contribution in [3.05, 3.63) is 64.7 Å². The zero-order valence-corrected chi connectivity index (χ0v) is 16.6. The number of halogens is 1. The standard InChI is InChI=1S/C19H23ClN2O3S/c1-4-18(19(23)21-13-15-7-5-14(2)6-8-15)22(26(3,24)25)17-11-9-16(20)10-12-17/h5-12,18H,4,13H2,1-3H3,(H,21,23)/t18-/m1/s1. The molecule has 0 radical (unpaired) electrons. The molecule has 1 N–H and O–H groups in total. The van der Waals surface area contributed by atoms with Gasteiger partial charge in [0, 0.05) is 11.6 Å². The lowest BCUT2D eigenvalue weighted by atomic mass is 10.1. The van der Waals surface area contributed by atoms with E-state index >= 15 is 0 Å². The molecule has 140 valence electrons. The number of aryl methyl sites for hydroxylation is 1. The van der Waals surface area contributed by atoms with Gasteiger partial charge in [0.15, 0.2) is 0 Å². The van der Waals surface area contributed by atoms with Crippen LogP contribution in [0.2, 0.25) is 5.02 Å². The van der Waals surface area contributed by atoms with E-state index in [4.69, 9.17) is 11.6 Å². The molecule has 0 spiro atoms. The first kappa shape index (κ1) is 20.3. The summed E-state index contributed by atoms with van der Waals surface area (Å²) in [4.78, 5) is 12.7. The Balaban J connectivity index is 2.22. The highest BCUT2D eigenvalue weighted by Crippen LogP contribution is 2.24. The number of carbonyl (C=O) groups excluding carboxylic acids is 1. The van der Waals surface area contributed by atoms with Gasteiger partial charge in [-0.1, -0.05) is 48.4 Å². The average Bonchev–Trinajstić information content (AvgIpc) is 2.59. The highest BCUT2D eigenvalue weighted by Gasteiger charge is 2.31. The van der Waals surface area contributed by atoms with E-state index in [1.54, 1.807) is 31.2 Å². The lowest BCUT2D eigenvalue weighted by molar-refractivity contribution is -0.122. The summed E-state index contributed by atoms with van der Waals surface area (Å²) in [5.41, 5.74) is 2.50. The Morgan fingerprint density at radius 2 is 1.69 bits per heavy atom. The van der Waals surface area contributed by atoms with E-state index in [2.05, 4.69) is 5.32 Å². The molecular weight excluding hydrogens is 372 g/mol.